The van der Waals surface area contributed by atoms with Crippen molar-refractivity contribution < 1.29 is 19.7 Å². The van der Waals surface area contributed by atoms with E-state index in [1.165, 1.54) is 24.3 Å². The minimum Gasteiger partial charge on any atom is -0.508 e. The highest BCUT2D eigenvalue weighted by atomic mass is 16.5. The van der Waals surface area contributed by atoms with E-state index in [0.717, 1.165) is 5.57 Å². The average Bonchev–Trinajstić information content (AvgIpc) is 2.27. The molecule has 86 valence electrons. The number of phenols is 1. The number of hydrogen-bond donors (Lipinski definition) is 2. The van der Waals surface area contributed by atoms with E-state index < -0.39 is 5.97 Å². The number of carbonyl (C=O) groups excluding carboxylic acids is 1. The lowest BCUT2D eigenvalue weighted by Gasteiger charge is -2.04. The molecule has 0 fully saturated rings. The summed E-state index contributed by atoms with van der Waals surface area (Å²) in [7, 11) is 0. The van der Waals surface area contributed by atoms with Gasteiger partial charge < -0.3 is 14.9 Å². The predicted octanol–water partition coefficient (Wildman–Crippen LogP) is 1.49. The van der Waals surface area contributed by atoms with Gasteiger partial charge >= 0.3 is 5.97 Å². The first-order valence-corrected chi connectivity index (χ1v) is 4.86. The molecule has 1 aromatic rings. The fraction of sp³-hybridized carbons (Fsp3) is 0.250. The quantitative estimate of drug-likeness (QED) is 0.598. The van der Waals surface area contributed by atoms with Gasteiger partial charge in [0.15, 0.2) is 0 Å². The van der Waals surface area contributed by atoms with Crippen LogP contribution >= 0.6 is 0 Å². The van der Waals surface area contributed by atoms with Gasteiger partial charge in [0.05, 0.1) is 12.2 Å². The molecular weight excluding hydrogens is 208 g/mol. The largest absolute Gasteiger partial charge is 0.508 e. The Hall–Kier alpha value is -1.81. The second kappa shape index (κ2) is 5.92. The van der Waals surface area contributed by atoms with Gasteiger partial charge in [-0.3, -0.25) is 0 Å². The number of aliphatic hydroxyl groups excluding tert-OH is 1. The van der Waals surface area contributed by atoms with Crippen LogP contribution in [0, 0.1) is 0 Å². The number of rotatable bonds is 4. The maximum atomic E-state index is 11.5. The summed E-state index contributed by atoms with van der Waals surface area (Å²) in [5.74, 6) is -0.349. The first-order chi connectivity index (χ1) is 7.63. The zero-order valence-electron chi connectivity index (χ0n) is 9.01. The van der Waals surface area contributed by atoms with Gasteiger partial charge in [0.2, 0.25) is 0 Å². The smallest absolute Gasteiger partial charge is 0.338 e. The highest BCUT2D eigenvalue weighted by molar-refractivity contribution is 5.89. The molecule has 4 heteroatoms. The zero-order valence-corrected chi connectivity index (χ0v) is 9.01. The number of aromatic hydroxyl groups is 1. The maximum absolute atomic E-state index is 11.5. The van der Waals surface area contributed by atoms with Gasteiger partial charge in [0.25, 0.3) is 0 Å². The van der Waals surface area contributed by atoms with Crippen molar-refractivity contribution in [2.24, 2.45) is 0 Å². The Labute approximate surface area is 93.8 Å². The topological polar surface area (TPSA) is 66.8 Å². The van der Waals surface area contributed by atoms with Crippen molar-refractivity contribution >= 4 is 5.97 Å². The summed E-state index contributed by atoms with van der Waals surface area (Å²) in [6, 6.07) is 5.82. The molecule has 0 saturated carbocycles. The van der Waals surface area contributed by atoms with Crippen LogP contribution < -0.4 is 0 Å². The molecule has 0 bridgehead atoms. The molecule has 0 atom stereocenters. The molecule has 0 amide bonds. The Bertz CT molecular complexity index is 379. The summed E-state index contributed by atoms with van der Waals surface area (Å²) in [6.45, 7) is 1.85. The van der Waals surface area contributed by atoms with Crippen LogP contribution in [-0.4, -0.2) is 29.4 Å². The van der Waals surface area contributed by atoms with E-state index in [4.69, 9.17) is 14.9 Å². The predicted molar refractivity (Wildman–Crippen MR) is 59.2 cm³/mol. The molecule has 2 N–H and O–H groups in total. The van der Waals surface area contributed by atoms with Crippen molar-refractivity contribution in [1.29, 1.82) is 0 Å². The summed E-state index contributed by atoms with van der Waals surface area (Å²) in [4.78, 5) is 11.5. The van der Waals surface area contributed by atoms with Gasteiger partial charge in [-0.05, 0) is 36.8 Å². The molecule has 0 saturated heterocycles. The number of hydrogen-bond acceptors (Lipinski definition) is 4. The van der Waals surface area contributed by atoms with E-state index in [2.05, 4.69) is 0 Å². The molecule has 0 heterocycles. The average molecular weight is 222 g/mol. The van der Waals surface area contributed by atoms with Crippen LogP contribution in [0.25, 0.3) is 0 Å². The van der Waals surface area contributed by atoms with Crippen molar-refractivity contribution in [3.05, 3.63) is 41.5 Å². The van der Waals surface area contributed by atoms with Crippen LogP contribution in [0.4, 0.5) is 0 Å². The first kappa shape index (κ1) is 12.3. The third-order valence-corrected chi connectivity index (χ3v) is 1.97. The number of aliphatic hydroxyl groups is 1. The third-order valence-electron chi connectivity index (χ3n) is 1.97. The molecule has 0 radical (unpaired) electrons. The standard InChI is InChI=1S/C12H14O4/c1-9(6-7-13)8-16-12(15)10-2-4-11(14)5-3-10/h2-6,13-14H,7-8H2,1H3/b9-6+. The van der Waals surface area contributed by atoms with Crippen molar-refractivity contribution in [3.63, 3.8) is 0 Å². The van der Waals surface area contributed by atoms with Crippen molar-refractivity contribution in [2.75, 3.05) is 13.2 Å². The molecule has 0 spiro atoms. The van der Waals surface area contributed by atoms with Crippen LogP contribution in [0.5, 0.6) is 5.75 Å². The number of carbonyl (C=O) groups is 1. The van der Waals surface area contributed by atoms with Gasteiger partial charge in [0.1, 0.15) is 12.4 Å². The van der Waals surface area contributed by atoms with E-state index in [1.807, 2.05) is 0 Å². The molecule has 0 aliphatic carbocycles. The second-order valence-corrected chi connectivity index (χ2v) is 3.36. The summed E-state index contributed by atoms with van der Waals surface area (Å²) in [6.07, 6.45) is 1.57. The van der Waals surface area contributed by atoms with Crippen LogP contribution in [0.15, 0.2) is 35.9 Å². The van der Waals surface area contributed by atoms with Crippen molar-refractivity contribution in [3.8, 4) is 5.75 Å². The molecule has 16 heavy (non-hydrogen) atoms. The molecule has 4 nitrogen and oxygen atoms in total. The number of benzene rings is 1. The highest BCUT2D eigenvalue weighted by Crippen LogP contribution is 2.10. The van der Waals surface area contributed by atoms with Crippen LogP contribution in [0.3, 0.4) is 0 Å². The third kappa shape index (κ3) is 3.74. The minimum absolute atomic E-state index is 0.0669. The van der Waals surface area contributed by atoms with Crippen molar-refractivity contribution in [1.82, 2.24) is 0 Å². The highest BCUT2D eigenvalue weighted by Gasteiger charge is 2.06. The van der Waals surface area contributed by atoms with E-state index in [9.17, 15) is 4.79 Å². The minimum atomic E-state index is -0.453. The number of esters is 1. The van der Waals surface area contributed by atoms with Crippen LogP contribution in [-0.2, 0) is 4.74 Å². The van der Waals surface area contributed by atoms with Crippen LogP contribution in [0.2, 0.25) is 0 Å². The van der Waals surface area contributed by atoms with Crippen molar-refractivity contribution in [2.45, 2.75) is 6.92 Å². The van der Waals surface area contributed by atoms with E-state index >= 15 is 0 Å². The molecule has 1 rings (SSSR count). The SMILES string of the molecule is C/C(=C\CO)COC(=O)c1ccc(O)cc1. The Kier molecular flexibility index (Phi) is 4.54. The normalized spacial score (nSPS) is 11.2. The van der Waals surface area contributed by atoms with Gasteiger partial charge in [-0.15, -0.1) is 0 Å². The lowest BCUT2D eigenvalue weighted by Crippen LogP contribution is -2.07. The van der Waals surface area contributed by atoms with Gasteiger partial charge in [-0.2, -0.15) is 0 Å². The second-order valence-electron chi connectivity index (χ2n) is 3.36. The van der Waals surface area contributed by atoms with Gasteiger partial charge in [-0.25, -0.2) is 4.79 Å². The molecule has 0 unspecified atom stereocenters. The molecule has 1 aromatic carbocycles. The summed E-state index contributed by atoms with van der Waals surface area (Å²) < 4.78 is 4.98. The zero-order chi connectivity index (χ0) is 12.0. The molecule has 0 aliphatic rings. The first-order valence-electron chi connectivity index (χ1n) is 4.86. The molecule has 0 aromatic heterocycles. The fourth-order valence-electron chi connectivity index (χ4n) is 1.07. The Morgan fingerprint density at radius 3 is 2.56 bits per heavy atom. The Balaban J connectivity index is 2.53. The summed E-state index contributed by atoms with van der Waals surface area (Å²) >= 11 is 0. The van der Waals surface area contributed by atoms with E-state index in [1.54, 1.807) is 13.0 Å². The van der Waals surface area contributed by atoms with Gasteiger partial charge in [0, 0.05) is 0 Å². The number of ether oxygens (including phenoxy) is 1. The van der Waals surface area contributed by atoms with Crippen LogP contribution in [0.1, 0.15) is 17.3 Å². The molecular formula is C12H14O4. The number of phenolic OH excluding ortho intramolecular Hbond substituents is 1. The molecule has 0 aliphatic heterocycles. The summed E-state index contributed by atoms with van der Waals surface area (Å²) in [5.41, 5.74) is 1.17. The Morgan fingerprint density at radius 1 is 1.38 bits per heavy atom. The van der Waals surface area contributed by atoms with E-state index in [-0.39, 0.29) is 19.0 Å². The monoisotopic (exact) mass is 222 g/mol. The van der Waals surface area contributed by atoms with E-state index in [0.29, 0.717) is 5.56 Å². The maximum Gasteiger partial charge on any atom is 0.338 e. The lowest BCUT2D eigenvalue weighted by atomic mass is 10.2. The Morgan fingerprint density at radius 2 is 2.00 bits per heavy atom. The fourth-order valence-corrected chi connectivity index (χ4v) is 1.07. The van der Waals surface area contributed by atoms with Gasteiger partial charge in [-0.1, -0.05) is 6.08 Å². The summed E-state index contributed by atoms with van der Waals surface area (Å²) in [5, 5.41) is 17.6. The lowest BCUT2D eigenvalue weighted by molar-refractivity contribution is 0.0539.